The highest BCUT2D eigenvalue weighted by Crippen LogP contribution is 2.26. The molecule has 0 spiro atoms. The van der Waals surface area contributed by atoms with Crippen molar-refractivity contribution in [2.24, 2.45) is 0 Å². The van der Waals surface area contributed by atoms with Gasteiger partial charge in [-0.1, -0.05) is 23.7 Å². The first-order chi connectivity index (χ1) is 8.63. The number of piperidine rings is 1. The van der Waals surface area contributed by atoms with Crippen LogP contribution in [0, 0.1) is 0 Å². The molecule has 0 atom stereocenters. The zero-order chi connectivity index (χ0) is 13.0. The van der Waals surface area contributed by atoms with Crippen molar-refractivity contribution in [3.8, 4) is 0 Å². The Bertz CT molecular complexity index is 367. The van der Waals surface area contributed by atoms with Crippen LogP contribution in [0.3, 0.4) is 0 Å². The van der Waals surface area contributed by atoms with E-state index in [0.717, 1.165) is 11.4 Å². The van der Waals surface area contributed by atoms with Crippen LogP contribution in [0.1, 0.15) is 24.8 Å². The van der Waals surface area contributed by atoms with Gasteiger partial charge in [-0.15, -0.1) is 0 Å². The number of likely N-dealkylation sites (tertiary alicyclic amines) is 1. The second-order valence-corrected chi connectivity index (χ2v) is 5.90. The molecule has 0 aliphatic carbocycles. The highest BCUT2D eigenvalue weighted by molar-refractivity contribution is 6.30. The van der Waals surface area contributed by atoms with E-state index in [2.05, 4.69) is 36.4 Å². The molecule has 1 saturated heterocycles. The van der Waals surface area contributed by atoms with Gasteiger partial charge in [0.05, 0.1) is 0 Å². The minimum atomic E-state index is 0.326. The topological polar surface area (TPSA) is 15.3 Å². The fourth-order valence-corrected chi connectivity index (χ4v) is 2.83. The molecule has 0 radical (unpaired) electrons. The van der Waals surface area contributed by atoms with Gasteiger partial charge in [0.2, 0.25) is 0 Å². The third kappa shape index (κ3) is 3.47. The minimum Gasteiger partial charge on any atom is -0.314 e. The molecule has 0 unspecified atom stereocenters. The van der Waals surface area contributed by atoms with Crippen molar-refractivity contribution in [3.05, 3.63) is 34.9 Å². The fourth-order valence-electron chi connectivity index (χ4n) is 2.71. The van der Waals surface area contributed by atoms with Crippen LogP contribution in [0.2, 0.25) is 5.02 Å². The Hall–Kier alpha value is -0.570. The van der Waals surface area contributed by atoms with Gasteiger partial charge in [-0.05, 0) is 70.6 Å². The largest absolute Gasteiger partial charge is 0.314 e. The van der Waals surface area contributed by atoms with Crippen molar-refractivity contribution in [2.75, 3.05) is 27.2 Å². The van der Waals surface area contributed by atoms with Crippen LogP contribution in [0.4, 0.5) is 0 Å². The highest BCUT2D eigenvalue weighted by atomic mass is 35.5. The Morgan fingerprint density at radius 3 is 2.39 bits per heavy atom. The zero-order valence-corrected chi connectivity index (χ0v) is 12.1. The highest BCUT2D eigenvalue weighted by Gasteiger charge is 2.31. The predicted octanol–water partition coefficient (Wildman–Crippen LogP) is 2.96. The molecule has 0 amide bonds. The molecule has 0 aromatic heterocycles. The SMILES string of the molecule is CNC1(CCc2ccc(Cl)cc2)CCN(C)CC1. The Balaban J connectivity index is 1.92. The lowest BCUT2D eigenvalue weighted by molar-refractivity contribution is 0.156. The van der Waals surface area contributed by atoms with Crippen LogP contribution in [0.25, 0.3) is 0 Å². The van der Waals surface area contributed by atoms with Gasteiger partial charge >= 0.3 is 0 Å². The summed E-state index contributed by atoms with van der Waals surface area (Å²) in [5.74, 6) is 0. The van der Waals surface area contributed by atoms with Crippen molar-refractivity contribution >= 4 is 11.6 Å². The molecule has 2 rings (SSSR count). The first-order valence-corrected chi connectivity index (χ1v) is 7.13. The summed E-state index contributed by atoms with van der Waals surface area (Å²) in [5.41, 5.74) is 1.71. The predicted molar refractivity (Wildman–Crippen MR) is 78.3 cm³/mol. The van der Waals surface area contributed by atoms with Gasteiger partial charge < -0.3 is 10.2 Å². The molecule has 1 fully saturated rings. The van der Waals surface area contributed by atoms with Crippen molar-refractivity contribution in [2.45, 2.75) is 31.2 Å². The molecule has 100 valence electrons. The first-order valence-electron chi connectivity index (χ1n) is 6.75. The smallest absolute Gasteiger partial charge is 0.0406 e. The molecule has 1 N–H and O–H groups in total. The monoisotopic (exact) mass is 266 g/mol. The van der Waals surface area contributed by atoms with Gasteiger partial charge in [0.15, 0.2) is 0 Å². The van der Waals surface area contributed by atoms with Crippen LogP contribution in [-0.4, -0.2) is 37.6 Å². The average molecular weight is 267 g/mol. The molecule has 1 heterocycles. The number of hydrogen-bond donors (Lipinski definition) is 1. The van der Waals surface area contributed by atoms with Crippen molar-refractivity contribution in [3.63, 3.8) is 0 Å². The summed E-state index contributed by atoms with van der Waals surface area (Å²) in [6, 6.07) is 8.25. The van der Waals surface area contributed by atoms with Crippen LogP contribution in [0.5, 0.6) is 0 Å². The second-order valence-electron chi connectivity index (χ2n) is 5.46. The summed E-state index contributed by atoms with van der Waals surface area (Å²) in [6.07, 6.45) is 4.82. The molecule has 0 bridgehead atoms. The van der Waals surface area contributed by atoms with E-state index in [0.29, 0.717) is 5.54 Å². The first kappa shape index (κ1) is 13.9. The maximum Gasteiger partial charge on any atom is 0.0406 e. The van der Waals surface area contributed by atoms with E-state index in [1.165, 1.54) is 37.9 Å². The van der Waals surface area contributed by atoms with Gasteiger partial charge in [-0.2, -0.15) is 0 Å². The van der Waals surface area contributed by atoms with Crippen molar-refractivity contribution in [1.29, 1.82) is 0 Å². The van der Waals surface area contributed by atoms with Crippen molar-refractivity contribution < 1.29 is 0 Å². The molecule has 1 aliphatic rings. The molecule has 1 aromatic rings. The summed E-state index contributed by atoms with van der Waals surface area (Å²) in [7, 11) is 4.31. The standard InChI is InChI=1S/C15H23ClN2/c1-17-15(9-11-18(2)12-10-15)8-7-13-3-5-14(16)6-4-13/h3-6,17H,7-12H2,1-2H3. The summed E-state index contributed by atoms with van der Waals surface area (Å²) in [5, 5.41) is 4.39. The van der Waals surface area contributed by atoms with Gasteiger partial charge in [-0.3, -0.25) is 0 Å². The van der Waals surface area contributed by atoms with E-state index in [-0.39, 0.29) is 0 Å². The zero-order valence-electron chi connectivity index (χ0n) is 11.4. The second kappa shape index (κ2) is 6.05. The number of nitrogens with one attached hydrogen (secondary N) is 1. The van der Waals surface area contributed by atoms with E-state index >= 15 is 0 Å². The third-order valence-electron chi connectivity index (χ3n) is 4.28. The van der Waals surface area contributed by atoms with E-state index in [1.54, 1.807) is 0 Å². The number of aryl methyl sites for hydroxylation is 1. The quantitative estimate of drug-likeness (QED) is 0.902. The molecule has 18 heavy (non-hydrogen) atoms. The molecule has 0 saturated carbocycles. The van der Waals surface area contributed by atoms with Crippen LogP contribution in [-0.2, 0) is 6.42 Å². The van der Waals surface area contributed by atoms with Crippen LogP contribution >= 0.6 is 11.6 Å². The molecule has 3 heteroatoms. The molecular weight excluding hydrogens is 244 g/mol. The van der Waals surface area contributed by atoms with E-state index in [4.69, 9.17) is 11.6 Å². The van der Waals surface area contributed by atoms with E-state index in [1.807, 2.05) is 12.1 Å². The molecule has 1 aromatic carbocycles. The Labute approximate surface area is 115 Å². The van der Waals surface area contributed by atoms with Gasteiger partial charge in [-0.25, -0.2) is 0 Å². The van der Waals surface area contributed by atoms with E-state index < -0.39 is 0 Å². The van der Waals surface area contributed by atoms with Gasteiger partial charge in [0, 0.05) is 10.6 Å². The number of benzene rings is 1. The van der Waals surface area contributed by atoms with Crippen LogP contribution in [0.15, 0.2) is 24.3 Å². The number of halogens is 1. The molecular formula is C15H23ClN2. The van der Waals surface area contributed by atoms with Gasteiger partial charge in [0.1, 0.15) is 0 Å². The lowest BCUT2D eigenvalue weighted by atomic mass is 9.82. The number of hydrogen-bond acceptors (Lipinski definition) is 2. The Morgan fingerprint density at radius 2 is 1.83 bits per heavy atom. The van der Waals surface area contributed by atoms with Crippen molar-refractivity contribution in [1.82, 2.24) is 10.2 Å². The maximum atomic E-state index is 5.91. The minimum absolute atomic E-state index is 0.326. The third-order valence-corrected chi connectivity index (χ3v) is 4.53. The summed E-state index contributed by atoms with van der Waals surface area (Å²) < 4.78 is 0. The molecule has 2 nitrogen and oxygen atoms in total. The lowest BCUT2D eigenvalue weighted by Gasteiger charge is -2.41. The Kier molecular flexibility index (Phi) is 4.66. The number of rotatable bonds is 4. The number of nitrogens with zero attached hydrogens (tertiary/aromatic N) is 1. The maximum absolute atomic E-state index is 5.91. The van der Waals surface area contributed by atoms with E-state index in [9.17, 15) is 0 Å². The molecule has 1 aliphatic heterocycles. The summed E-state index contributed by atoms with van der Waals surface area (Å²) in [6.45, 7) is 2.39. The normalized spacial score (nSPS) is 19.9. The van der Waals surface area contributed by atoms with Gasteiger partial charge in [0.25, 0.3) is 0 Å². The fraction of sp³-hybridized carbons (Fsp3) is 0.600. The summed E-state index contributed by atoms with van der Waals surface area (Å²) in [4.78, 5) is 2.41. The lowest BCUT2D eigenvalue weighted by Crippen LogP contribution is -2.51. The summed E-state index contributed by atoms with van der Waals surface area (Å²) >= 11 is 5.91. The Morgan fingerprint density at radius 1 is 1.22 bits per heavy atom. The van der Waals surface area contributed by atoms with Crippen LogP contribution < -0.4 is 5.32 Å². The average Bonchev–Trinajstić information content (AvgIpc) is 2.41.